The van der Waals surface area contributed by atoms with E-state index in [1.165, 1.54) is 0 Å². The van der Waals surface area contributed by atoms with E-state index in [2.05, 4.69) is 15.0 Å². The van der Waals surface area contributed by atoms with Crippen molar-refractivity contribution >= 4 is 17.0 Å². The van der Waals surface area contributed by atoms with Crippen LogP contribution >= 0.6 is 0 Å². The summed E-state index contributed by atoms with van der Waals surface area (Å²) in [4.78, 5) is 11.9. The van der Waals surface area contributed by atoms with Crippen LogP contribution in [-0.4, -0.2) is 28.2 Å². The number of ether oxygens (including phenoxy) is 2. The first-order chi connectivity index (χ1) is 9.79. The Morgan fingerprint density at radius 1 is 1.00 bits per heavy atom. The van der Waals surface area contributed by atoms with Gasteiger partial charge in [0.2, 0.25) is 0 Å². The molecule has 3 heterocycles. The Labute approximate surface area is 114 Å². The van der Waals surface area contributed by atoms with Gasteiger partial charge in [0.25, 0.3) is 0 Å². The molecule has 6 heteroatoms. The molecule has 6 nitrogen and oxygen atoms in total. The van der Waals surface area contributed by atoms with Crippen molar-refractivity contribution in [3.63, 3.8) is 0 Å². The lowest BCUT2D eigenvalue weighted by molar-refractivity contribution is 0.171. The van der Waals surface area contributed by atoms with Gasteiger partial charge in [0, 0.05) is 5.56 Å². The highest BCUT2D eigenvalue weighted by Gasteiger charge is 2.14. The van der Waals surface area contributed by atoms with Gasteiger partial charge in [-0.25, -0.2) is 9.97 Å². The Morgan fingerprint density at radius 3 is 2.75 bits per heavy atom. The minimum Gasteiger partial charge on any atom is -0.486 e. The number of aromatic amines is 1. The van der Waals surface area contributed by atoms with Crippen molar-refractivity contribution in [2.24, 2.45) is 0 Å². The quantitative estimate of drug-likeness (QED) is 0.704. The molecule has 2 aromatic heterocycles. The van der Waals surface area contributed by atoms with Crippen LogP contribution in [0.1, 0.15) is 0 Å². The van der Waals surface area contributed by atoms with Crippen LogP contribution in [0.2, 0.25) is 0 Å². The Balaban J connectivity index is 1.82. The van der Waals surface area contributed by atoms with E-state index in [9.17, 15) is 0 Å². The van der Waals surface area contributed by atoms with E-state index >= 15 is 0 Å². The molecule has 0 fully saturated rings. The Kier molecular flexibility index (Phi) is 2.29. The number of pyridine rings is 1. The topological polar surface area (TPSA) is 86.1 Å². The van der Waals surface area contributed by atoms with Crippen LogP contribution in [0, 0.1) is 0 Å². The summed E-state index contributed by atoms with van der Waals surface area (Å²) in [6.07, 6.45) is 0. The van der Waals surface area contributed by atoms with E-state index in [1.807, 2.05) is 24.3 Å². The Hall–Kier alpha value is -2.76. The normalized spacial score (nSPS) is 13.6. The molecule has 0 aliphatic carbocycles. The molecule has 3 aromatic rings. The minimum atomic E-state index is 0.456. The molecule has 0 atom stereocenters. The second-order valence-electron chi connectivity index (χ2n) is 4.55. The van der Waals surface area contributed by atoms with Crippen LogP contribution in [0.3, 0.4) is 0 Å². The molecular formula is C14H12N4O2. The van der Waals surface area contributed by atoms with Crippen molar-refractivity contribution in [1.29, 1.82) is 0 Å². The molecule has 0 unspecified atom stereocenters. The van der Waals surface area contributed by atoms with Gasteiger partial charge < -0.3 is 20.2 Å². The van der Waals surface area contributed by atoms with Crippen LogP contribution < -0.4 is 15.2 Å². The Morgan fingerprint density at radius 2 is 1.85 bits per heavy atom. The van der Waals surface area contributed by atoms with Gasteiger partial charge in [-0.05, 0) is 30.3 Å². The third-order valence-corrected chi connectivity index (χ3v) is 3.18. The standard InChI is InChI=1S/C14H12N4O2/c15-12-4-2-9-14(17-12)18-13(16-9)8-1-3-10-11(7-8)20-6-5-19-10/h1-4,7H,5-6H2,(H3,15,16,17,18). The van der Waals surface area contributed by atoms with Gasteiger partial charge in [0.15, 0.2) is 17.1 Å². The predicted octanol–water partition coefficient (Wildman–Crippen LogP) is 1.98. The average Bonchev–Trinajstić information content (AvgIpc) is 2.89. The summed E-state index contributed by atoms with van der Waals surface area (Å²) in [6.45, 7) is 1.15. The monoisotopic (exact) mass is 268 g/mol. The van der Waals surface area contributed by atoms with Gasteiger partial charge in [0.05, 0.1) is 5.52 Å². The number of H-pyrrole nitrogens is 1. The van der Waals surface area contributed by atoms with E-state index in [-0.39, 0.29) is 0 Å². The number of rotatable bonds is 1. The zero-order valence-corrected chi connectivity index (χ0v) is 10.6. The molecule has 0 saturated heterocycles. The zero-order valence-electron chi connectivity index (χ0n) is 10.6. The molecule has 20 heavy (non-hydrogen) atoms. The largest absolute Gasteiger partial charge is 0.486 e. The van der Waals surface area contributed by atoms with Crippen molar-refractivity contribution in [1.82, 2.24) is 15.0 Å². The maximum absolute atomic E-state index is 5.66. The third-order valence-electron chi connectivity index (χ3n) is 3.18. The fourth-order valence-corrected chi connectivity index (χ4v) is 2.23. The first kappa shape index (κ1) is 11.1. The van der Waals surface area contributed by atoms with Gasteiger partial charge in [0.1, 0.15) is 24.9 Å². The molecule has 1 aliphatic rings. The summed E-state index contributed by atoms with van der Waals surface area (Å²) in [7, 11) is 0. The number of fused-ring (bicyclic) bond motifs is 2. The molecule has 0 bridgehead atoms. The highest BCUT2D eigenvalue weighted by Crippen LogP contribution is 2.34. The smallest absolute Gasteiger partial charge is 0.180 e. The van der Waals surface area contributed by atoms with E-state index in [0.717, 1.165) is 28.4 Å². The molecule has 1 aliphatic heterocycles. The number of benzene rings is 1. The highest BCUT2D eigenvalue weighted by atomic mass is 16.6. The molecular weight excluding hydrogens is 256 g/mol. The minimum absolute atomic E-state index is 0.456. The van der Waals surface area contributed by atoms with Crippen LogP contribution in [-0.2, 0) is 0 Å². The lowest BCUT2D eigenvalue weighted by Crippen LogP contribution is -2.15. The summed E-state index contributed by atoms with van der Waals surface area (Å²) < 4.78 is 11.1. The van der Waals surface area contributed by atoms with Crippen LogP contribution in [0.25, 0.3) is 22.6 Å². The molecule has 0 amide bonds. The summed E-state index contributed by atoms with van der Waals surface area (Å²) in [5.41, 5.74) is 8.04. The third kappa shape index (κ3) is 1.73. The summed E-state index contributed by atoms with van der Waals surface area (Å²) in [5, 5.41) is 0. The van der Waals surface area contributed by atoms with E-state index in [1.54, 1.807) is 6.07 Å². The van der Waals surface area contributed by atoms with E-state index < -0.39 is 0 Å². The average molecular weight is 268 g/mol. The summed E-state index contributed by atoms with van der Waals surface area (Å²) >= 11 is 0. The van der Waals surface area contributed by atoms with Crippen LogP contribution in [0.5, 0.6) is 11.5 Å². The lowest BCUT2D eigenvalue weighted by atomic mass is 10.2. The molecule has 1 aromatic carbocycles. The molecule has 0 saturated carbocycles. The first-order valence-corrected chi connectivity index (χ1v) is 6.32. The maximum Gasteiger partial charge on any atom is 0.180 e. The Bertz CT molecular complexity index is 797. The second-order valence-corrected chi connectivity index (χ2v) is 4.55. The number of nitrogens with one attached hydrogen (secondary N) is 1. The molecule has 0 radical (unpaired) electrons. The van der Waals surface area contributed by atoms with Gasteiger partial charge >= 0.3 is 0 Å². The number of anilines is 1. The van der Waals surface area contributed by atoms with Crippen molar-refractivity contribution in [2.75, 3.05) is 18.9 Å². The number of imidazole rings is 1. The molecule has 100 valence electrons. The SMILES string of the molecule is Nc1ccc2[nH]c(-c3ccc4c(c3)OCCO4)nc2n1. The fourth-order valence-electron chi connectivity index (χ4n) is 2.23. The van der Waals surface area contributed by atoms with Gasteiger partial charge in [-0.1, -0.05) is 0 Å². The number of nitrogen functional groups attached to an aromatic ring is 1. The van der Waals surface area contributed by atoms with Crippen LogP contribution in [0.4, 0.5) is 5.82 Å². The van der Waals surface area contributed by atoms with Crippen molar-refractivity contribution < 1.29 is 9.47 Å². The highest BCUT2D eigenvalue weighted by molar-refractivity contribution is 5.77. The molecule has 0 spiro atoms. The lowest BCUT2D eigenvalue weighted by Gasteiger charge is -2.18. The van der Waals surface area contributed by atoms with Gasteiger partial charge in [-0.15, -0.1) is 0 Å². The van der Waals surface area contributed by atoms with Gasteiger partial charge in [-0.2, -0.15) is 0 Å². The van der Waals surface area contributed by atoms with Crippen LogP contribution in [0.15, 0.2) is 30.3 Å². The van der Waals surface area contributed by atoms with Crippen molar-refractivity contribution in [3.05, 3.63) is 30.3 Å². The fraction of sp³-hybridized carbons (Fsp3) is 0.143. The molecule has 3 N–H and O–H groups in total. The zero-order chi connectivity index (χ0) is 13.5. The van der Waals surface area contributed by atoms with E-state index in [0.29, 0.717) is 24.7 Å². The predicted molar refractivity (Wildman–Crippen MR) is 74.7 cm³/mol. The van der Waals surface area contributed by atoms with Gasteiger partial charge in [-0.3, -0.25) is 0 Å². The summed E-state index contributed by atoms with van der Waals surface area (Å²) in [6, 6.07) is 9.35. The molecule has 4 rings (SSSR count). The second kappa shape index (κ2) is 4.12. The number of aromatic nitrogens is 3. The van der Waals surface area contributed by atoms with Crippen molar-refractivity contribution in [3.8, 4) is 22.9 Å². The van der Waals surface area contributed by atoms with E-state index in [4.69, 9.17) is 15.2 Å². The first-order valence-electron chi connectivity index (χ1n) is 6.32. The maximum atomic E-state index is 5.66. The van der Waals surface area contributed by atoms with Crippen molar-refractivity contribution in [2.45, 2.75) is 0 Å². The number of nitrogens with zero attached hydrogens (tertiary/aromatic N) is 2. The number of nitrogens with two attached hydrogens (primary N) is 1. The number of hydrogen-bond acceptors (Lipinski definition) is 5. The summed E-state index contributed by atoms with van der Waals surface area (Å²) in [5.74, 6) is 2.69. The number of hydrogen-bond donors (Lipinski definition) is 2.